The highest BCUT2D eigenvalue weighted by Gasteiger charge is 2.17. The lowest BCUT2D eigenvalue weighted by atomic mass is 10.2. The smallest absolute Gasteiger partial charge is 0.412 e. The molecule has 5 nitrogen and oxygen atoms in total. The molecule has 112 valence electrons. The lowest BCUT2D eigenvalue weighted by Gasteiger charge is -2.20. The van der Waals surface area contributed by atoms with Gasteiger partial charge in [0.25, 0.3) is 0 Å². The first-order valence-corrected chi connectivity index (χ1v) is 6.66. The molecule has 0 heterocycles. The zero-order chi connectivity index (χ0) is 15.3. The van der Waals surface area contributed by atoms with Crippen molar-refractivity contribution in [1.82, 2.24) is 0 Å². The summed E-state index contributed by atoms with van der Waals surface area (Å²) in [5.41, 5.74) is 0.949. The summed E-state index contributed by atoms with van der Waals surface area (Å²) in [6.45, 7) is 9.55. The highest BCUT2D eigenvalue weighted by Crippen LogP contribution is 2.28. The Morgan fingerprint density at radius 2 is 1.90 bits per heavy atom. The van der Waals surface area contributed by atoms with Crippen LogP contribution >= 0.6 is 0 Å². The van der Waals surface area contributed by atoms with Crippen molar-refractivity contribution in [2.45, 2.75) is 46.3 Å². The van der Waals surface area contributed by atoms with Gasteiger partial charge in [-0.2, -0.15) is 0 Å². The molecule has 0 atom stereocenters. The summed E-state index contributed by atoms with van der Waals surface area (Å²) in [4.78, 5) is 11.8. The number of methoxy groups -OCH3 is 1. The van der Waals surface area contributed by atoms with E-state index in [0.717, 1.165) is 5.69 Å². The van der Waals surface area contributed by atoms with E-state index < -0.39 is 11.7 Å². The third-order valence-electron chi connectivity index (χ3n) is 2.29. The Morgan fingerprint density at radius 1 is 1.25 bits per heavy atom. The molecule has 0 aliphatic carbocycles. The fourth-order valence-corrected chi connectivity index (χ4v) is 1.64. The fraction of sp³-hybridized carbons (Fsp3) is 0.533. The van der Waals surface area contributed by atoms with Crippen molar-refractivity contribution in [1.29, 1.82) is 0 Å². The first-order valence-electron chi connectivity index (χ1n) is 6.66. The number of anilines is 2. The van der Waals surface area contributed by atoms with Gasteiger partial charge in [-0.05, 0) is 52.8 Å². The van der Waals surface area contributed by atoms with Crippen LogP contribution in [0.2, 0.25) is 0 Å². The standard InChI is InChI=1S/C15H24N2O3/c1-10(2)16-11-7-8-13(19-6)12(9-11)17-14(18)20-15(3,4)5/h7-10,16H,1-6H3,(H,17,18). The average molecular weight is 280 g/mol. The molecule has 0 unspecified atom stereocenters. The topological polar surface area (TPSA) is 59.6 Å². The molecule has 2 N–H and O–H groups in total. The van der Waals surface area contributed by atoms with Gasteiger partial charge in [-0.1, -0.05) is 0 Å². The maximum Gasteiger partial charge on any atom is 0.412 e. The minimum absolute atomic E-state index is 0.303. The molecular weight excluding hydrogens is 256 g/mol. The monoisotopic (exact) mass is 280 g/mol. The van der Waals surface area contributed by atoms with Gasteiger partial charge in [0.1, 0.15) is 11.4 Å². The number of rotatable bonds is 4. The van der Waals surface area contributed by atoms with Gasteiger partial charge in [0, 0.05) is 11.7 Å². The number of hydrogen-bond donors (Lipinski definition) is 2. The van der Waals surface area contributed by atoms with Crippen molar-refractivity contribution in [3.63, 3.8) is 0 Å². The lowest BCUT2D eigenvalue weighted by Crippen LogP contribution is -2.27. The Bertz CT molecular complexity index is 465. The van der Waals surface area contributed by atoms with Crippen molar-refractivity contribution in [3.05, 3.63) is 18.2 Å². The summed E-state index contributed by atoms with van der Waals surface area (Å²) in [5.74, 6) is 0.588. The zero-order valence-electron chi connectivity index (χ0n) is 13.0. The summed E-state index contributed by atoms with van der Waals surface area (Å²) < 4.78 is 10.5. The molecule has 0 aromatic heterocycles. The normalized spacial score (nSPS) is 11.2. The Kier molecular flexibility index (Phi) is 5.25. The number of amides is 1. The molecule has 0 saturated heterocycles. The summed E-state index contributed by atoms with van der Waals surface area (Å²) >= 11 is 0. The van der Waals surface area contributed by atoms with Gasteiger partial charge in [0.15, 0.2) is 0 Å². The molecule has 0 aliphatic heterocycles. The molecule has 0 saturated carbocycles. The van der Waals surface area contributed by atoms with Crippen LogP contribution in [0.5, 0.6) is 5.75 Å². The van der Waals surface area contributed by atoms with E-state index in [-0.39, 0.29) is 0 Å². The van der Waals surface area contributed by atoms with Crippen LogP contribution in [-0.2, 0) is 4.74 Å². The Labute approximate surface area is 120 Å². The van der Waals surface area contributed by atoms with Crippen LogP contribution in [-0.4, -0.2) is 24.8 Å². The van der Waals surface area contributed by atoms with E-state index in [1.807, 2.05) is 46.8 Å². The summed E-state index contributed by atoms with van der Waals surface area (Å²) in [7, 11) is 1.56. The number of nitrogens with one attached hydrogen (secondary N) is 2. The van der Waals surface area contributed by atoms with E-state index in [0.29, 0.717) is 17.5 Å². The highest BCUT2D eigenvalue weighted by atomic mass is 16.6. The van der Waals surface area contributed by atoms with Gasteiger partial charge in [0.05, 0.1) is 12.8 Å². The number of carbonyl (C=O) groups is 1. The van der Waals surface area contributed by atoms with Crippen LogP contribution < -0.4 is 15.4 Å². The van der Waals surface area contributed by atoms with Crippen LogP contribution in [0.4, 0.5) is 16.2 Å². The third kappa shape index (κ3) is 5.38. The molecule has 1 amide bonds. The first kappa shape index (κ1) is 16.1. The van der Waals surface area contributed by atoms with E-state index in [9.17, 15) is 4.79 Å². The summed E-state index contributed by atoms with van der Waals surface area (Å²) in [5, 5.41) is 5.98. The second-order valence-electron chi connectivity index (χ2n) is 5.84. The molecule has 20 heavy (non-hydrogen) atoms. The maximum atomic E-state index is 11.8. The number of ether oxygens (including phenoxy) is 2. The van der Waals surface area contributed by atoms with Crippen LogP contribution in [0.3, 0.4) is 0 Å². The molecule has 0 aliphatic rings. The molecule has 1 aromatic rings. The van der Waals surface area contributed by atoms with Crippen molar-refractivity contribution in [2.75, 3.05) is 17.7 Å². The maximum absolute atomic E-state index is 11.8. The average Bonchev–Trinajstić information content (AvgIpc) is 2.25. The molecule has 0 bridgehead atoms. The van der Waals surface area contributed by atoms with Gasteiger partial charge in [-0.25, -0.2) is 4.79 Å². The summed E-state index contributed by atoms with van der Waals surface area (Å²) in [6, 6.07) is 5.83. The van der Waals surface area contributed by atoms with Crippen LogP contribution in [0.25, 0.3) is 0 Å². The van der Waals surface area contributed by atoms with E-state index in [1.54, 1.807) is 13.2 Å². The van der Waals surface area contributed by atoms with Crippen molar-refractivity contribution < 1.29 is 14.3 Å². The van der Waals surface area contributed by atoms with Crippen molar-refractivity contribution in [2.24, 2.45) is 0 Å². The fourth-order valence-electron chi connectivity index (χ4n) is 1.64. The molecule has 0 spiro atoms. The van der Waals surface area contributed by atoms with Crippen LogP contribution in [0, 0.1) is 0 Å². The molecule has 0 fully saturated rings. The van der Waals surface area contributed by atoms with Crippen molar-refractivity contribution >= 4 is 17.5 Å². The second-order valence-corrected chi connectivity index (χ2v) is 5.84. The predicted molar refractivity (Wildman–Crippen MR) is 81.6 cm³/mol. The molecule has 1 rings (SSSR count). The van der Waals surface area contributed by atoms with Crippen LogP contribution in [0.1, 0.15) is 34.6 Å². The van der Waals surface area contributed by atoms with Gasteiger partial charge < -0.3 is 14.8 Å². The second kappa shape index (κ2) is 6.50. The minimum atomic E-state index is -0.537. The van der Waals surface area contributed by atoms with E-state index in [4.69, 9.17) is 9.47 Å². The number of benzene rings is 1. The minimum Gasteiger partial charge on any atom is -0.495 e. The largest absolute Gasteiger partial charge is 0.495 e. The SMILES string of the molecule is COc1ccc(NC(C)C)cc1NC(=O)OC(C)(C)C. The quantitative estimate of drug-likeness (QED) is 0.879. The molecule has 0 radical (unpaired) electrons. The molecular formula is C15H24N2O3. The summed E-state index contributed by atoms with van der Waals surface area (Å²) in [6.07, 6.45) is -0.502. The Balaban J connectivity index is 2.88. The van der Waals surface area contributed by atoms with Crippen molar-refractivity contribution in [3.8, 4) is 5.75 Å². The Morgan fingerprint density at radius 3 is 2.40 bits per heavy atom. The highest BCUT2D eigenvalue weighted by molar-refractivity contribution is 5.88. The number of carbonyl (C=O) groups excluding carboxylic acids is 1. The zero-order valence-corrected chi connectivity index (χ0v) is 13.0. The third-order valence-corrected chi connectivity index (χ3v) is 2.29. The van der Waals surface area contributed by atoms with Gasteiger partial charge in [-0.3, -0.25) is 5.32 Å². The van der Waals surface area contributed by atoms with Gasteiger partial charge in [0.2, 0.25) is 0 Å². The van der Waals surface area contributed by atoms with Gasteiger partial charge in [-0.15, -0.1) is 0 Å². The number of hydrogen-bond acceptors (Lipinski definition) is 4. The Hall–Kier alpha value is -1.91. The van der Waals surface area contributed by atoms with E-state index >= 15 is 0 Å². The van der Waals surface area contributed by atoms with E-state index in [2.05, 4.69) is 10.6 Å². The van der Waals surface area contributed by atoms with E-state index in [1.165, 1.54) is 0 Å². The first-order chi connectivity index (χ1) is 9.21. The van der Waals surface area contributed by atoms with Crippen LogP contribution in [0.15, 0.2) is 18.2 Å². The lowest BCUT2D eigenvalue weighted by molar-refractivity contribution is 0.0635. The van der Waals surface area contributed by atoms with Gasteiger partial charge >= 0.3 is 6.09 Å². The predicted octanol–water partition coefficient (Wildman–Crippen LogP) is 3.86. The molecule has 1 aromatic carbocycles. The molecule has 5 heteroatoms.